The number of anilines is 1. The van der Waals surface area contributed by atoms with Gasteiger partial charge in [0.25, 0.3) is 0 Å². The number of nitrogens with two attached hydrogens (primary N) is 1. The number of nitrogens with zero attached hydrogens (tertiary/aromatic N) is 1. The second-order valence-corrected chi connectivity index (χ2v) is 5.10. The lowest BCUT2D eigenvalue weighted by atomic mass is 10.3. The van der Waals surface area contributed by atoms with E-state index in [2.05, 4.69) is 4.98 Å². The molecule has 0 aliphatic carbocycles. The van der Waals surface area contributed by atoms with Crippen molar-refractivity contribution in [2.24, 2.45) is 0 Å². The fourth-order valence-corrected chi connectivity index (χ4v) is 2.30. The summed E-state index contributed by atoms with van der Waals surface area (Å²) >= 11 is 1.32. The Bertz CT molecular complexity index is 602. The fraction of sp³-hybridized carbons (Fsp3) is 0.200. The number of carbonyl (C=O) groups excluding carboxylic acids is 1. The molecule has 2 N–H and O–H groups in total. The molecule has 0 unspecified atom stereocenters. The first kappa shape index (κ1) is 15.2. The molecule has 1 aromatic carbocycles. The van der Waals surface area contributed by atoms with E-state index in [1.54, 1.807) is 42.7 Å². The van der Waals surface area contributed by atoms with E-state index < -0.39 is 0 Å². The van der Waals surface area contributed by atoms with Crippen LogP contribution in [-0.4, -0.2) is 23.3 Å². The van der Waals surface area contributed by atoms with Crippen molar-refractivity contribution in [1.29, 1.82) is 0 Å². The molecule has 1 aromatic heterocycles. The lowest BCUT2D eigenvalue weighted by Gasteiger charge is -2.07. The molecule has 0 aliphatic heterocycles. The van der Waals surface area contributed by atoms with Crippen LogP contribution in [0, 0.1) is 0 Å². The van der Waals surface area contributed by atoms with Crippen LogP contribution in [0.4, 0.5) is 5.69 Å². The molecular weight excluding hydrogens is 288 g/mol. The van der Waals surface area contributed by atoms with Crippen LogP contribution in [0.15, 0.2) is 47.6 Å². The zero-order chi connectivity index (χ0) is 15.1. The summed E-state index contributed by atoms with van der Waals surface area (Å²) in [5.74, 6) is 1.09. The summed E-state index contributed by atoms with van der Waals surface area (Å²) in [4.78, 5) is 16.5. The normalized spacial score (nSPS) is 10.1. The van der Waals surface area contributed by atoms with Crippen molar-refractivity contribution >= 4 is 23.4 Å². The van der Waals surface area contributed by atoms with Gasteiger partial charge in [0.15, 0.2) is 0 Å². The number of nitrogen functional groups attached to an aromatic ring is 1. The number of pyridine rings is 1. The van der Waals surface area contributed by atoms with Crippen LogP contribution in [0.3, 0.4) is 0 Å². The third-order valence-electron chi connectivity index (χ3n) is 2.52. The summed E-state index contributed by atoms with van der Waals surface area (Å²) in [5, 5.41) is 0. The zero-order valence-corrected chi connectivity index (χ0v) is 12.4. The van der Waals surface area contributed by atoms with Gasteiger partial charge in [-0.2, -0.15) is 0 Å². The van der Waals surface area contributed by atoms with Gasteiger partial charge in [0.1, 0.15) is 11.5 Å². The van der Waals surface area contributed by atoms with Crippen LogP contribution in [0.5, 0.6) is 11.5 Å². The molecule has 0 bridgehead atoms. The molecule has 0 fully saturated rings. The maximum absolute atomic E-state index is 11.8. The van der Waals surface area contributed by atoms with Crippen LogP contribution in [0.1, 0.15) is 6.92 Å². The number of rotatable bonds is 6. The van der Waals surface area contributed by atoms with Crippen LogP contribution in [0.2, 0.25) is 0 Å². The van der Waals surface area contributed by atoms with E-state index in [4.69, 9.17) is 15.2 Å². The number of hydrogen-bond acceptors (Lipinski definition) is 6. The summed E-state index contributed by atoms with van der Waals surface area (Å²) in [6.07, 6.45) is 3.19. The molecule has 6 heteroatoms. The molecule has 0 atom stereocenters. The molecule has 5 nitrogen and oxygen atoms in total. The van der Waals surface area contributed by atoms with Gasteiger partial charge in [0.2, 0.25) is 0 Å². The van der Waals surface area contributed by atoms with Crippen LogP contribution in [0.25, 0.3) is 0 Å². The number of thioether (sulfide) groups is 1. The Hall–Kier alpha value is -2.21. The first-order valence-corrected chi connectivity index (χ1v) is 7.43. The van der Waals surface area contributed by atoms with E-state index in [1.807, 2.05) is 6.92 Å². The van der Waals surface area contributed by atoms with E-state index in [-0.39, 0.29) is 11.7 Å². The van der Waals surface area contributed by atoms with Gasteiger partial charge in [-0.25, -0.2) is 0 Å². The quantitative estimate of drug-likeness (QED) is 0.502. The van der Waals surface area contributed by atoms with Gasteiger partial charge in [-0.1, -0.05) is 0 Å². The lowest BCUT2D eigenvalue weighted by molar-refractivity contribution is -0.131. The van der Waals surface area contributed by atoms with Gasteiger partial charge in [-0.15, -0.1) is 11.8 Å². The predicted molar refractivity (Wildman–Crippen MR) is 82.6 cm³/mol. The Balaban J connectivity index is 1.85. The third-order valence-corrected chi connectivity index (χ3v) is 3.58. The van der Waals surface area contributed by atoms with Gasteiger partial charge in [0.05, 0.1) is 24.2 Å². The minimum atomic E-state index is -0.333. The minimum absolute atomic E-state index is 0.182. The predicted octanol–water partition coefficient (Wildman–Crippen LogP) is 2.76. The maximum atomic E-state index is 11.8. The molecule has 0 saturated heterocycles. The number of ether oxygens (including phenoxy) is 2. The van der Waals surface area contributed by atoms with E-state index >= 15 is 0 Å². The van der Waals surface area contributed by atoms with Crippen LogP contribution < -0.4 is 15.2 Å². The topological polar surface area (TPSA) is 74.4 Å². The molecule has 21 heavy (non-hydrogen) atoms. The standard InChI is InChI=1S/C15H16N2O3S/c1-2-19-11-3-5-12(6-4-11)20-15(18)10-21-14-7-8-17-9-13(14)16/h3-9H,2,10,16H2,1H3. The van der Waals surface area contributed by atoms with Crippen LogP contribution in [-0.2, 0) is 4.79 Å². The van der Waals surface area contributed by atoms with E-state index in [9.17, 15) is 4.79 Å². The van der Waals surface area contributed by atoms with Crippen molar-refractivity contribution in [1.82, 2.24) is 4.98 Å². The van der Waals surface area contributed by atoms with Gasteiger partial charge in [0, 0.05) is 11.1 Å². The van der Waals surface area contributed by atoms with Crippen molar-refractivity contribution < 1.29 is 14.3 Å². The summed E-state index contributed by atoms with van der Waals surface area (Å²) in [6.45, 7) is 2.51. The first-order chi connectivity index (χ1) is 10.2. The summed E-state index contributed by atoms with van der Waals surface area (Å²) in [6, 6.07) is 8.70. The summed E-state index contributed by atoms with van der Waals surface area (Å²) in [5.41, 5.74) is 6.31. The molecule has 0 spiro atoms. The highest BCUT2D eigenvalue weighted by Gasteiger charge is 2.08. The molecule has 2 aromatic rings. The van der Waals surface area contributed by atoms with E-state index in [0.717, 1.165) is 10.6 Å². The number of esters is 1. The Kier molecular flexibility index (Phi) is 5.45. The van der Waals surface area contributed by atoms with Gasteiger partial charge in [-0.3, -0.25) is 9.78 Å². The van der Waals surface area contributed by atoms with Crippen molar-refractivity contribution in [3.63, 3.8) is 0 Å². The number of benzene rings is 1. The maximum Gasteiger partial charge on any atom is 0.321 e. The van der Waals surface area contributed by atoms with Crippen molar-refractivity contribution in [3.8, 4) is 11.5 Å². The number of carbonyl (C=O) groups is 1. The van der Waals surface area contributed by atoms with Crippen molar-refractivity contribution in [2.45, 2.75) is 11.8 Å². The Morgan fingerprint density at radius 1 is 1.24 bits per heavy atom. The lowest BCUT2D eigenvalue weighted by Crippen LogP contribution is -2.10. The molecule has 0 saturated carbocycles. The van der Waals surface area contributed by atoms with Gasteiger partial charge < -0.3 is 15.2 Å². The SMILES string of the molecule is CCOc1ccc(OC(=O)CSc2ccncc2N)cc1. The van der Waals surface area contributed by atoms with Crippen molar-refractivity contribution in [3.05, 3.63) is 42.7 Å². The molecule has 0 radical (unpaired) electrons. The molecule has 110 valence electrons. The Morgan fingerprint density at radius 3 is 2.62 bits per heavy atom. The second kappa shape index (κ2) is 7.54. The van der Waals surface area contributed by atoms with E-state index in [1.165, 1.54) is 11.8 Å². The Labute approximate surface area is 127 Å². The Morgan fingerprint density at radius 2 is 1.95 bits per heavy atom. The summed E-state index contributed by atoms with van der Waals surface area (Å²) < 4.78 is 10.6. The highest BCUT2D eigenvalue weighted by molar-refractivity contribution is 8.00. The summed E-state index contributed by atoms with van der Waals surface area (Å²) in [7, 11) is 0. The monoisotopic (exact) mass is 304 g/mol. The van der Waals surface area contributed by atoms with Crippen LogP contribution >= 0.6 is 11.8 Å². The zero-order valence-electron chi connectivity index (χ0n) is 11.6. The third kappa shape index (κ3) is 4.68. The average Bonchev–Trinajstić information content (AvgIpc) is 2.49. The molecular formula is C15H16N2O3S. The second-order valence-electron chi connectivity index (χ2n) is 4.08. The smallest absolute Gasteiger partial charge is 0.321 e. The highest BCUT2D eigenvalue weighted by atomic mass is 32.2. The first-order valence-electron chi connectivity index (χ1n) is 6.45. The number of hydrogen-bond donors (Lipinski definition) is 1. The van der Waals surface area contributed by atoms with Gasteiger partial charge >= 0.3 is 5.97 Å². The van der Waals surface area contributed by atoms with E-state index in [0.29, 0.717) is 18.0 Å². The molecule has 2 rings (SSSR count). The number of aromatic nitrogens is 1. The van der Waals surface area contributed by atoms with Crippen molar-refractivity contribution in [2.75, 3.05) is 18.1 Å². The fourth-order valence-electron chi connectivity index (χ4n) is 1.59. The largest absolute Gasteiger partial charge is 0.494 e. The average molecular weight is 304 g/mol. The van der Waals surface area contributed by atoms with Gasteiger partial charge in [-0.05, 0) is 37.3 Å². The minimum Gasteiger partial charge on any atom is -0.494 e. The highest BCUT2D eigenvalue weighted by Crippen LogP contribution is 2.24. The molecule has 0 amide bonds. The molecule has 0 aliphatic rings. The molecule has 1 heterocycles.